The number of amides is 1. The molecule has 0 spiro atoms. The minimum Gasteiger partial charge on any atom is -0.465 e. The van der Waals surface area contributed by atoms with Crippen LogP contribution in [0.25, 0.3) is 31.9 Å². The number of rotatable bonds is 9. The Hall–Kier alpha value is -2.97. The van der Waals surface area contributed by atoms with Crippen molar-refractivity contribution in [3.63, 3.8) is 0 Å². The third kappa shape index (κ3) is 6.35. The summed E-state index contributed by atoms with van der Waals surface area (Å²) >= 11 is 3.25. The summed E-state index contributed by atoms with van der Waals surface area (Å²) in [6.07, 6.45) is -4.20. The van der Waals surface area contributed by atoms with Crippen LogP contribution in [0.5, 0.6) is 0 Å². The molecule has 0 saturated carbocycles. The molecule has 0 aliphatic rings. The van der Waals surface area contributed by atoms with Crippen LogP contribution in [0.2, 0.25) is 0 Å². The number of aromatic nitrogens is 2. The number of anilines is 2. The van der Waals surface area contributed by atoms with Crippen molar-refractivity contribution >= 4 is 61.7 Å². The van der Waals surface area contributed by atoms with Crippen LogP contribution in [0.1, 0.15) is 5.56 Å². The van der Waals surface area contributed by atoms with Crippen molar-refractivity contribution in [1.82, 2.24) is 9.97 Å². The minimum absolute atomic E-state index is 0.0378. The number of hydrogen-bond acceptors (Lipinski definition) is 6. The topological polar surface area (TPSA) is 78.8 Å². The first kappa shape index (κ1) is 28.0. The molecule has 4 rings (SSSR count). The van der Waals surface area contributed by atoms with Crippen molar-refractivity contribution in [1.29, 1.82) is 0 Å². The van der Waals surface area contributed by atoms with Crippen molar-refractivity contribution in [2.75, 3.05) is 48.1 Å². The summed E-state index contributed by atoms with van der Waals surface area (Å²) in [7, 11) is 3.67. The van der Waals surface area contributed by atoms with Crippen molar-refractivity contribution in [3.8, 4) is 21.7 Å². The van der Waals surface area contributed by atoms with E-state index in [4.69, 9.17) is 4.74 Å². The zero-order valence-electron chi connectivity index (χ0n) is 20.5. The zero-order chi connectivity index (χ0) is 27.4. The number of thiazole rings is 1. The maximum absolute atomic E-state index is 14.2. The molecule has 0 bridgehead atoms. The van der Waals surface area contributed by atoms with Gasteiger partial charge in [-0.2, -0.15) is 13.2 Å². The lowest BCUT2D eigenvalue weighted by atomic mass is 10.00. The lowest BCUT2D eigenvalue weighted by molar-refractivity contribution is -0.137. The number of hydrogen-bond donors (Lipinski definition) is 1. The lowest BCUT2D eigenvalue weighted by Crippen LogP contribution is -2.32. The summed E-state index contributed by atoms with van der Waals surface area (Å²) in [6, 6.07) is 12.5. The molecular formula is C26H24F3IN4O3S. The molecule has 0 radical (unpaired) electrons. The summed E-state index contributed by atoms with van der Waals surface area (Å²) in [6.45, 7) is 0.882. The van der Waals surface area contributed by atoms with Gasteiger partial charge in [0, 0.05) is 41.5 Å². The van der Waals surface area contributed by atoms with Gasteiger partial charge in [-0.3, -0.25) is 4.90 Å². The molecule has 0 fully saturated rings. The van der Waals surface area contributed by atoms with E-state index in [2.05, 4.69) is 32.6 Å². The number of carboxylic acid groups (broad SMARTS) is 1. The van der Waals surface area contributed by atoms with Gasteiger partial charge in [0.05, 0.1) is 35.5 Å². The maximum atomic E-state index is 14.2. The van der Waals surface area contributed by atoms with Gasteiger partial charge in [0.1, 0.15) is 10.8 Å². The highest BCUT2D eigenvalue weighted by atomic mass is 127. The fraction of sp³-hybridized carbons (Fsp3) is 0.269. The first-order valence-electron chi connectivity index (χ1n) is 11.5. The predicted octanol–water partition coefficient (Wildman–Crippen LogP) is 7.05. The van der Waals surface area contributed by atoms with E-state index in [0.717, 1.165) is 26.7 Å². The Bertz CT molecular complexity index is 1430. The molecule has 0 aliphatic carbocycles. The summed E-state index contributed by atoms with van der Waals surface area (Å²) < 4.78 is 49.2. The van der Waals surface area contributed by atoms with Gasteiger partial charge >= 0.3 is 12.3 Å². The Morgan fingerprint density at radius 2 is 1.84 bits per heavy atom. The van der Waals surface area contributed by atoms with E-state index in [1.54, 1.807) is 42.6 Å². The monoisotopic (exact) mass is 656 g/mol. The molecule has 0 aliphatic heterocycles. The van der Waals surface area contributed by atoms with E-state index in [0.29, 0.717) is 39.5 Å². The molecule has 38 heavy (non-hydrogen) atoms. The number of fused-ring (bicyclic) bond motifs is 1. The summed E-state index contributed by atoms with van der Waals surface area (Å²) in [5.74, 6) is 0.699. The Labute approximate surface area is 235 Å². The number of nitrogens with zero attached hydrogens (tertiary/aromatic N) is 4. The molecule has 1 amide bonds. The largest absolute Gasteiger partial charge is 0.465 e. The molecule has 1 N–H and O–H groups in total. The van der Waals surface area contributed by atoms with Gasteiger partial charge in [0.15, 0.2) is 0 Å². The van der Waals surface area contributed by atoms with Crippen LogP contribution in [0.4, 0.5) is 29.5 Å². The van der Waals surface area contributed by atoms with Gasteiger partial charge in [-0.25, -0.2) is 14.8 Å². The third-order valence-electron chi connectivity index (χ3n) is 5.69. The fourth-order valence-corrected chi connectivity index (χ4v) is 5.16. The quantitative estimate of drug-likeness (QED) is 0.118. The van der Waals surface area contributed by atoms with Gasteiger partial charge in [-0.15, -0.1) is 11.3 Å². The van der Waals surface area contributed by atoms with Crippen molar-refractivity contribution in [2.24, 2.45) is 0 Å². The maximum Gasteiger partial charge on any atom is 0.417 e. The molecule has 200 valence electrons. The molecule has 12 heteroatoms. The van der Waals surface area contributed by atoms with E-state index in [-0.39, 0.29) is 23.7 Å². The molecule has 7 nitrogen and oxygen atoms in total. The van der Waals surface area contributed by atoms with Crippen LogP contribution in [0.3, 0.4) is 0 Å². The van der Waals surface area contributed by atoms with E-state index in [9.17, 15) is 23.1 Å². The van der Waals surface area contributed by atoms with Crippen molar-refractivity contribution < 1.29 is 27.8 Å². The van der Waals surface area contributed by atoms with Crippen molar-refractivity contribution in [3.05, 3.63) is 60.3 Å². The van der Waals surface area contributed by atoms with Crippen LogP contribution >= 0.6 is 33.9 Å². The van der Waals surface area contributed by atoms with E-state index in [1.807, 2.05) is 19.0 Å². The Morgan fingerprint density at radius 3 is 2.47 bits per heavy atom. The van der Waals surface area contributed by atoms with E-state index < -0.39 is 17.8 Å². The van der Waals surface area contributed by atoms with Crippen molar-refractivity contribution in [2.45, 2.75) is 6.18 Å². The SMILES string of the molecule is CN(C)c1ccc(-c2ccc(-c3nc4ccc(N(CCOCCI)C(=O)O)cc4s3)c(C(F)(F)F)c2)cn1. The second-order valence-electron chi connectivity index (χ2n) is 8.46. The molecular weight excluding hydrogens is 632 g/mol. The van der Waals surface area contributed by atoms with E-state index in [1.165, 1.54) is 6.07 Å². The first-order valence-corrected chi connectivity index (χ1v) is 13.8. The Morgan fingerprint density at radius 1 is 1.08 bits per heavy atom. The molecule has 0 saturated heterocycles. The van der Waals surface area contributed by atoms with Crippen LogP contribution in [0, 0.1) is 0 Å². The lowest BCUT2D eigenvalue weighted by Gasteiger charge is -2.19. The average molecular weight is 656 g/mol. The van der Waals surface area contributed by atoms with Crippen LogP contribution < -0.4 is 9.80 Å². The minimum atomic E-state index is -4.61. The second-order valence-corrected chi connectivity index (χ2v) is 10.6. The second kappa shape index (κ2) is 11.8. The van der Waals surface area contributed by atoms with Gasteiger partial charge in [-0.05, 0) is 42.0 Å². The number of halogens is 4. The number of ether oxygens (including phenoxy) is 1. The normalized spacial score (nSPS) is 11.6. The molecule has 2 aromatic heterocycles. The number of pyridine rings is 1. The Balaban J connectivity index is 1.69. The molecule has 2 heterocycles. The zero-order valence-corrected chi connectivity index (χ0v) is 23.5. The number of alkyl halides is 4. The van der Waals surface area contributed by atoms with Crippen LogP contribution in [-0.2, 0) is 10.9 Å². The standard InChI is InChI=1S/C26H24F3IN4O3S/c1-33(2)23-8-4-17(15-31-23)16-3-6-19(20(13-16)26(27,28)29)24-32-21-7-5-18(14-22(21)38-24)34(25(35)36)10-12-37-11-9-30/h3-8,13-15H,9-12H2,1-2H3,(H,35,36). The van der Waals surface area contributed by atoms with Gasteiger partial charge < -0.3 is 14.7 Å². The summed E-state index contributed by atoms with van der Waals surface area (Å²) in [5.41, 5.74) is 1.01. The summed E-state index contributed by atoms with van der Waals surface area (Å²) in [5, 5.41) is 9.85. The number of benzene rings is 2. The van der Waals surface area contributed by atoms with Gasteiger partial charge in [-0.1, -0.05) is 34.7 Å². The molecule has 2 aromatic carbocycles. The highest BCUT2D eigenvalue weighted by Crippen LogP contribution is 2.42. The molecule has 0 unspecified atom stereocenters. The van der Waals surface area contributed by atoms with Gasteiger partial charge in [0.2, 0.25) is 0 Å². The van der Waals surface area contributed by atoms with Crippen LogP contribution in [-0.4, -0.2) is 59.4 Å². The Kier molecular flexibility index (Phi) is 8.73. The molecule has 0 atom stereocenters. The third-order valence-corrected chi connectivity index (χ3v) is 7.18. The average Bonchev–Trinajstić information content (AvgIpc) is 3.31. The van der Waals surface area contributed by atoms with E-state index >= 15 is 0 Å². The van der Waals surface area contributed by atoms with Crippen LogP contribution in [0.15, 0.2) is 54.7 Å². The fourth-order valence-electron chi connectivity index (χ4n) is 3.81. The first-order chi connectivity index (χ1) is 18.1. The smallest absolute Gasteiger partial charge is 0.417 e. The highest BCUT2D eigenvalue weighted by molar-refractivity contribution is 14.1. The van der Waals surface area contributed by atoms with Gasteiger partial charge in [0.25, 0.3) is 0 Å². The number of carbonyl (C=O) groups is 1. The molecule has 4 aromatic rings. The highest BCUT2D eigenvalue weighted by Gasteiger charge is 2.35. The predicted molar refractivity (Wildman–Crippen MR) is 153 cm³/mol. The summed E-state index contributed by atoms with van der Waals surface area (Å²) in [4.78, 5) is 23.5.